The largest absolute Gasteiger partial charge is 0.460 e. The monoisotopic (exact) mass is 350 g/mol. The summed E-state index contributed by atoms with van der Waals surface area (Å²) in [5, 5.41) is 10.4. The summed E-state index contributed by atoms with van der Waals surface area (Å²) in [6.45, 7) is 2.97. The average Bonchev–Trinajstić information content (AvgIpc) is 2.55. The van der Waals surface area contributed by atoms with Crippen LogP contribution in [0.25, 0.3) is 0 Å². The highest BCUT2D eigenvalue weighted by molar-refractivity contribution is 6.35. The van der Waals surface area contributed by atoms with Gasteiger partial charge in [-0.15, -0.1) is 11.6 Å². The van der Waals surface area contributed by atoms with E-state index in [1.54, 1.807) is 7.05 Å². The molecule has 0 aromatic rings. The quantitative estimate of drug-likeness (QED) is 0.182. The van der Waals surface area contributed by atoms with Gasteiger partial charge in [-0.05, 0) is 19.9 Å². The van der Waals surface area contributed by atoms with E-state index in [-0.39, 0.29) is 18.7 Å². The van der Waals surface area contributed by atoms with Gasteiger partial charge in [-0.2, -0.15) is 0 Å². The molecule has 0 saturated carbocycles. The fourth-order valence-corrected chi connectivity index (χ4v) is 1.95. The van der Waals surface area contributed by atoms with Crippen molar-refractivity contribution in [2.75, 3.05) is 52.5 Å². The summed E-state index contributed by atoms with van der Waals surface area (Å²) < 4.78 is 15.7. The summed E-state index contributed by atoms with van der Waals surface area (Å²) in [5.74, 6) is 0.174. The third-order valence-electron chi connectivity index (χ3n) is 3.12. The van der Waals surface area contributed by atoms with Crippen molar-refractivity contribution in [3.05, 3.63) is 0 Å². The van der Waals surface area contributed by atoms with Gasteiger partial charge in [0.15, 0.2) is 0 Å². The first-order chi connectivity index (χ1) is 11.2. The first kappa shape index (κ1) is 22.3. The van der Waals surface area contributed by atoms with Crippen LogP contribution in [0.5, 0.6) is 0 Å². The first-order valence-electron chi connectivity index (χ1n) is 8.33. The third kappa shape index (κ3) is 16.0. The molecule has 0 aliphatic carbocycles. The van der Waals surface area contributed by atoms with Crippen molar-refractivity contribution in [2.45, 2.75) is 38.5 Å². The van der Waals surface area contributed by atoms with Crippen LogP contribution in [0.15, 0.2) is 0 Å². The van der Waals surface area contributed by atoms with E-state index >= 15 is 0 Å². The number of hydrogen-bond acceptors (Lipinski definition) is 6. The molecule has 0 fully saturated rings. The number of carbonyl (C=O) groups excluding carboxylic acids is 1. The van der Waals surface area contributed by atoms with Gasteiger partial charge in [-0.1, -0.05) is 19.3 Å². The lowest BCUT2D eigenvalue weighted by Crippen LogP contribution is -2.23. The Morgan fingerprint density at radius 1 is 0.957 bits per heavy atom. The van der Waals surface area contributed by atoms with Crippen molar-refractivity contribution in [3.8, 4) is 0 Å². The first-order valence-corrected chi connectivity index (χ1v) is 8.86. The fraction of sp³-hybridized carbons (Fsp3) is 0.875. The maximum absolute atomic E-state index is 11.4. The molecule has 0 amide bonds. The molecule has 7 heteroatoms. The van der Waals surface area contributed by atoms with Crippen molar-refractivity contribution >= 4 is 23.3 Å². The van der Waals surface area contributed by atoms with Gasteiger partial charge in [0.05, 0.1) is 19.8 Å². The number of likely N-dealkylation sites (N-methyl/N-ethyl adjacent to an activating group) is 1. The lowest BCUT2D eigenvalue weighted by atomic mass is 10.2. The molecular formula is C16H31ClN2O4. The van der Waals surface area contributed by atoms with Crippen LogP contribution in [0.1, 0.15) is 38.5 Å². The van der Waals surface area contributed by atoms with E-state index in [0.717, 1.165) is 25.3 Å². The summed E-state index contributed by atoms with van der Waals surface area (Å²) in [5.41, 5.74) is -0.0565. The third-order valence-corrected chi connectivity index (χ3v) is 3.39. The molecule has 0 saturated heterocycles. The summed E-state index contributed by atoms with van der Waals surface area (Å²) in [6.07, 6.45) is 5.98. The van der Waals surface area contributed by atoms with Gasteiger partial charge >= 0.3 is 5.97 Å². The predicted octanol–water partition coefficient (Wildman–Crippen LogP) is 2.38. The van der Waals surface area contributed by atoms with Crippen molar-refractivity contribution in [2.24, 2.45) is 0 Å². The number of alkyl halides is 1. The zero-order chi connectivity index (χ0) is 17.2. The topological polar surface area (TPSA) is 80.6 Å². The van der Waals surface area contributed by atoms with Gasteiger partial charge < -0.3 is 19.5 Å². The average molecular weight is 351 g/mol. The van der Waals surface area contributed by atoms with Crippen LogP contribution < -0.4 is 5.32 Å². The number of unbranched alkanes of at least 4 members (excludes halogenated alkanes) is 4. The molecule has 0 radical (unpaired) electrons. The minimum Gasteiger partial charge on any atom is -0.460 e. The lowest BCUT2D eigenvalue weighted by Gasteiger charge is -2.07. The minimum atomic E-state index is -0.575. The summed E-state index contributed by atoms with van der Waals surface area (Å²) >= 11 is 5.61. The molecule has 2 N–H and O–H groups in total. The highest BCUT2D eigenvalue weighted by Crippen LogP contribution is 2.03. The van der Waals surface area contributed by atoms with Gasteiger partial charge in [0.2, 0.25) is 0 Å². The van der Waals surface area contributed by atoms with Crippen LogP contribution in [0, 0.1) is 5.41 Å². The minimum absolute atomic E-state index is 0.0565. The second kappa shape index (κ2) is 17.7. The molecule has 136 valence electrons. The summed E-state index contributed by atoms with van der Waals surface area (Å²) in [6, 6.07) is 0. The van der Waals surface area contributed by atoms with Crippen molar-refractivity contribution in [3.63, 3.8) is 0 Å². The van der Waals surface area contributed by atoms with Crippen LogP contribution in [-0.2, 0) is 19.0 Å². The highest BCUT2D eigenvalue weighted by Gasteiger charge is 2.10. The van der Waals surface area contributed by atoms with E-state index < -0.39 is 5.97 Å². The number of ether oxygens (including phenoxy) is 3. The van der Waals surface area contributed by atoms with E-state index in [4.69, 9.17) is 31.2 Å². The van der Waals surface area contributed by atoms with Crippen LogP contribution in [0.2, 0.25) is 0 Å². The van der Waals surface area contributed by atoms with Gasteiger partial charge in [0.25, 0.3) is 0 Å². The van der Waals surface area contributed by atoms with Crippen LogP contribution >= 0.6 is 11.6 Å². The van der Waals surface area contributed by atoms with E-state index in [9.17, 15) is 4.79 Å². The van der Waals surface area contributed by atoms with E-state index in [2.05, 4.69) is 5.32 Å². The molecule has 0 aromatic carbocycles. The summed E-state index contributed by atoms with van der Waals surface area (Å²) in [4.78, 5) is 11.4. The molecule has 0 spiro atoms. The number of carbonyl (C=O) groups is 1. The van der Waals surface area contributed by atoms with Crippen LogP contribution in [0.4, 0.5) is 0 Å². The molecule has 6 nitrogen and oxygen atoms in total. The molecular weight excluding hydrogens is 320 g/mol. The van der Waals surface area contributed by atoms with E-state index in [0.29, 0.717) is 26.4 Å². The number of esters is 1. The lowest BCUT2D eigenvalue weighted by molar-refractivity contribution is -0.135. The Morgan fingerprint density at radius 3 is 2.30 bits per heavy atom. The molecule has 23 heavy (non-hydrogen) atoms. The Balaban J connectivity index is 3.26. The number of rotatable bonds is 17. The van der Waals surface area contributed by atoms with Gasteiger partial charge in [0, 0.05) is 25.5 Å². The zero-order valence-corrected chi connectivity index (χ0v) is 15.0. The van der Waals surface area contributed by atoms with Crippen LogP contribution in [0.3, 0.4) is 0 Å². The van der Waals surface area contributed by atoms with Gasteiger partial charge in [-0.3, -0.25) is 5.41 Å². The van der Waals surface area contributed by atoms with Crippen LogP contribution in [-0.4, -0.2) is 64.2 Å². The Labute approximate surface area is 144 Å². The van der Waals surface area contributed by atoms with Crippen molar-refractivity contribution in [1.29, 1.82) is 5.41 Å². The Kier molecular flexibility index (Phi) is 17.1. The molecule has 0 aliphatic rings. The Bertz CT molecular complexity index is 304. The normalized spacial score (nSPS) is 10.7. The predicted molar refractivity (Wildman–Crippen MR) is 92.7 cm³/mol. The highest BCUT2D eigenvalue weighted by atomic mass is 35.5. The van der Waals surface area contributed by atoms with Crippen molar-refractivity contribution < 1.29 is 19.0 Å². The second-order valence-electron chi connectivity index (χ2n) is 5.15. The van der Waals surface area contributed by atoms with E-state index in [1.807, 2.05) is 0 Å². The number of halogens is 1. The Hall–Kier alpha value is -0.690. The zero-order valence-electron chi connectivity index (χ0n) is 14.2. The fourth-order valence-electron chi connectivity index (χ4n) is 1.76. The van der Waals surface area contributed by atoms with Gasteiger partial charge in [0.1, 0.15) is 12.3 Å². The number of hydrogen-bond donors (Lipinski definition) is 2. The SMILES string of the molecule is CNCCOC(=O)C(=N)CCOCCOCCCCCCCCl. The molecule has 0 rings (SSSR count). The molecule has 0 unspecified atom stereocenters. The van der Waals surface area contributed by atoms with Gasteiger partial charge in [-0.25, -0.2) is 4.79 Å². The standard InChI is InChI=1S/C16H31ClN2O4/c1-19-9-12-23-16(20)15(18)7-11-22-14-13-21-10-6-4-2-3-5-8-17/h18-19H,2-14H2,1H3. The molecule has 0 aromatic heterocycles. The molecule has 0 atom stereocenters. The number of nitrogens with one attached hydrogen (secondary N) is 2. The summed E-state index contributed by atoms with van der Waals surface area (Å²) in [7, 11) is 1.77. The maximum Gasteiger partial charge on any atom is 0.352 e. The maximum atomic E-state index is 11.4. The smallest absolute Gasteiger partial charge is 0.352 e. The Morgan fingerprint density at radius 2 is 1.61 bits per heavy atom. The molecule has 0 heterocycles. The second-order valence-corrected chi connectivity index (χ2v) is 5.53. The van der Waals surface area contributed by atoms with E-state index in [1.165, 1.54) is 19.3 Å². The van der Waals surface area contributed by atoms with Crippen molar-refractivity contribution in [1.82, 2.24) is 5.32 Å². The molecule has 0 bridgehead atoms. The molecule has 0 aliphatic heterocycles.